The van der Waals surface area contributed by atoms with Crippen molar-refractivity contribution in [2.75, 3.05) is 0 Å². The van der Waals surface area contributed by atoms with E-state index in [2.05, 4.69) is 26.2 Å². The smallest absolute Gasteiger partial charge is 0.277 e. The minimum absolute atomic E-state index is 0.106. The molecule has 3 rings (SSSR count). The van der Waals surface area contributed by atoms with Crippen molar-refractivity contribution in [3.05, 3.63) is 57.3 Å². The quantitative estimate of drug-likeness (QED) is 0.729. The van der Waals surface area contributed by atoms with Gasteiger partial charge in [-0.1, -0.05) is 29.5 Å². The van der Waals surface area contributed by atoms with Crippen LogP contribution in [0.1, 0.15) is 34.8 Å². The zero-order valence-electron chi connectivity index (χ0n) is 14.0. The molecule has 0 spiro atoms. The first-order valence-corrected chi connectivity index (χ1v) is 8.46. The van der Waals surface area contributed by atoms with Crippen LogP contribution in [-0.2, 0) is 0 Å². The van der Waals surface area contributed by atoms with Crippen LogP contribution in [0.2, 0.25) is 0 Å². The van der Waals surface area contributed by atoms with Crippen LogP contribution < -0.4 is 5.56 Å². The van der Waals surface area contributed by atoms with Crippen LogP contribution in [0.5, 0.6) is 0 Å². The highest BCUT2D eigenvalue weighted by Crippen LogP contribution is 2.34. The Bertz CT molecular complexity index is 932. The second-order valence-corrected chi connectivity index (χ2v) is 7.02. The van der Waals surface area contributed by atoms with E-state index in [9.17, 15) is 4.79 Å². The molecule has 2 heterocycles. The maximum Gasteiger partial charge on any atom is 0.277 e. The van der Waals surface area contributed by atoms with Gasteiger partial charge in [0.2, 0.25) is 5.89 Å². The maximum absolute atomic E-state index is 11.6. The van der Waals surface area contributed by atoms with E-state index in [0.29, 0.717) is 22.6 Å². The number of nitrogens with zero attached hydrogens (tertiary/aromatic N) is 3. The van der Waals surface area contributed by atoms with Crippen molar-refractivity contribution in [1.29, 1.82) is 0 Å². The van der Waals surface area contributed by atoms with Crippen LogP contribution in [0.25, 0.3) is 11.5 Å². The SMILES string of the molecule is Cc1ccc(-c2nnc(S[C@H](C)c3nc(C)cc(=O)[nH]3)o2)c(C)c1. The molecule has 0 aliphatic heterocycles. The van der Waals surface area contributed by atoms with Crippen LogP contribution >= 0.6 is 11.8 Å². The van der Waals surface area contributed by atoms with Crippen molar-refractivity contribution >= 4 is 11.8 Å². The minimum Gasteiger partial charge on any atom is -0.411 e. The van der Waals surface area contributed by atoms with E-state index in [4.69, 9.17) is 4.42 Å². The van der Waals surface area contributed by atoms with E-state index < -0.39 is 0 Å². The first kappa shape index (κ1) is 16.4. The molecule has 124 valence electrons. The number of thioether (sulfide) groups is 1. The van der Waals surface area contributed by atoms with Gasteiger partial charge in [-0.2, -0.15) is 0 Å². The van der Waals surface area contributed by atoms with Gasteiger partial charge in [0.15, 0.2) is 0 Å². The largest absolute Gasteiger partial charge is 0.411 e. The maximum atomic E-state index is 11.6. The molecule has 0 unspecified atom stereocenters. The highest BCUT2D eigenvalue weighted by molar-refractivity contribution is 7.99. The summed E-state index contributed by atoms with van der Waals surface area (Å²) in [4.78, 5) is 18.7. The van der Waals surface area contributed by atoms with Crippen LogP contribution in [-0.4, -0.2) is 20.2 Å². The van der Waals surface area contributed by atoms with E-state index >= 15 is 0 Å². The molecule has 0 saturated carbocycles. The molecule has 0 fully saturated rings. The predicted octanol–water partition coefficient (Wildman–Crippen LogP) is 3.60. The first-order valence-electron chi connectivity index (χ1n) is 7.58. The van der Waals surface area contributed by atoms with Gasteiger partial charge in [-0.3, -0.25) is 4.79 Å². The second-order valence-electron chi connectivity index (χ2n) is 5.72. The summed E-state index contributed by atoms with van der Waals surface area (Å²) in [5, 5.41) is 8.56. The number of H-pyrrole nitrogens is 1. The summed E-state index contributed by atoms with van der Waals surface area (Å²) >= 11 is 1.37. The number of hydrogen-bond acceptors (Lipinski definition) is 6. The molecule has 2 aromatic heterocycles. The summed E-state index contributed by atoms with van der Waals surface area (Å²) in [6.45, 7) is 7.79. The molecule has 1 N–H and O–H groups in total. The van der Waals surface area contributed by atoms with E-state index in [1.165, 1.54) is 23.4 Å². The molecule has 3 aromatic rings. The van der Waals surface area contributed by atoms with Gasteiger partial charge in [0.25, 0.3) is 10.8 Å². The molecule has 0 radical (unpaired) electrons. The number of benzene rings is 1. The highest BCUT2D eigenvalue weighted by Gasteiger charge is 2.17. The van der Waals surface area contributed by atoms with Gasteiger partial charge in [-0.05, 0) is 39.3 Å². The van der Waals surface area contributed by atoms with Gasteiger partial charge in [-0.15, -0.1) is 10.2 Å². The Morgan fingerprint density at radius 2 is 1.96 bits per heavy atom. The Morgan fingerprint density at radius 1 is 1.17 bits per heavy atom. The lowest BCUT2D eigenvalue weighted by Crippen LogP contribution is -2.12. The van der Waals surface area contributed by atoms with Gasteiger partial charge in [0, 0.05) is 17.3 Å². The van der Waals surface area contributed by atoms with Crippen molar-refractivity contribution in [3.8, 4) is 11.5 Å². The zero-order valence-corrected chi connectivity index (χ0v) is 14.8. The lowest BCUT2D eigenvalue weighted by Gasteiger charge is -2.07. The molecule has 0 saturated heterocycles. The summed E-state index contributed by atoms with van der Waals surface area (Å²) in [6, 6.07) is 7.54. The Hall–Kier alpha value is -2.41. The molecule has 0 amide bonds. The van der Waals surface area contributed by atoms with Crippen LogP contribution in [0.15, 0.2) is 38.7 Å². The predicted molar refractivity (Wildman–Crippen MR) is 93.1 cm³/mol. The molecular weight excluding hydrogens is 324 g/mol. The highest BCUT2D eigenvalue weighted by atomic mass is 32.2. The molecular formula is C17H18N4O2S. The molecule has 7 heteroatoms. The zero-order chi connectivity index (χ0) is 17.3. The van der Waals surface area contributed by atoms with E-state index in [-0.39, 0.29) is 10.8 Å². The summed E-state index contributed by atoms with van der Waals surface area (Å²) in [5.74, 6) is 1.09. The standard InChI is InChI=1S/C17H18N4O2S/c1-9-5-6-13(10(2)7-9)16-20-21-17(23-16)24-12(4)15-18-11(3)8-14(22)19-15/h5-8,12H,1-4H3,(H,18,19,22)/t12-/m1/s1. The Kier molecular flexibility index (Phi) is 4.53. The normalized spacial score (nSPS) is 12.3. The van der Waals surface area contributed by atoms with Gasteiger partial charge >= 0.3 is 0 Å². The number of aromatic nitrogens is 4. The molecule has 0 aliphatic rings. The number of aryl methyl sites for hydroxylation is 3. The third-order valence-electron chi connectivity index (χ3n) is 3.57. The third-order valence-corrected chi connectivity index (χ3v) is 4.51. The summed E-state index contributed by atoms with van der Waals surface area (Å²) in [7, 11) is 0. The Balaban J connectivity index is 1.82. The Labute approximate surface area is 143 Å². The summed E-state index contributed by atoms with van der Waals surface area (Å²) in [6.07, 6.45) is 0. The number of hydrogen-bond donors (Lipinski definition) is 1. The van der Waals surface area contributed by atoms with E-state index in [1.807, 2.05) is 32.9 Å². The molecule has 24 heavy (non-hydrogen) atoms. The topological polar surface area (TPSA) is 84.7 Å². The van der Waals surface area contributed by atoms with Crippen molar-refractivity contribution < 1.29 is 4.42 Å². The fourth-order valence-corrected chi connectivity index (χ4v) is 3.16. The van der Waals surface area contributed by atoms with Crippen LogP contribution in [0.3, 0.4) is 0 Å². The lowest BCUT2D eigenvalue weighted by atomic mass is 10.1. The van der Waals surface area contributed by atoms with E-state index in [1.54, 1.807) is 6.92 Å². The molecule has 0 bridgehead atoms. The molecule has 6 nitrogen and oxygen atoms in total. The first-order chi connectivity index (χ1) is 11.4. The van der Waals surface area contributed by atoms with Crippen molar-refractivity contribution in [1.82, 2.24) is 20.2 Å². The number of nitrogens with one attached hydrogen (secondary N) is 1. The fraction of sp³-hybridized carbons (Fsp3) is 0.294. The number of aromatic amines is 1. The summed E-state index contributed by atoms with van der Waals surface area (Å²) in [5.41, 5.74) is 3.73. The van der Waals surface area contributed by atoms with Gasteiger partial charge in [-0.25, -0.2) is 4.98 Å². The molecule has 1 aromatic carbocycles. The van der Waals surface area contributed by atoms with Crippen molar-refractivity contribution in [2.24, 2.45) is 0 Å². The monoisotopic (exact) mass is 342 g/mol. The van der Waals surface area contributed by atoms with Crippen molar-refractivity contribution in [2.45, 2.75) is 38.2 Å². The second kappa shape index (κ2) is 6.60. The third kappa shape index (κ3) is 3.56. The molecule has 1 atom stereocenters. The fourth-order valence-electron chi connectivity index (χ4n) is 2.42. The van der Waals surface area contributed by atoms with Crippen LogP contribution in [0.4, 0.5) is 0 Å². The van der Waals surface area contributed by atoms with Crippen molar-refractivity contribution in [3.63, 3.8) is 0 Å². The van der Waals surface area contributed by atoms with Gasteiger partial charge < -0.3 is 9.40 Å². The van der Waals surface area contributed by atoms with E-state index in [0.717, 1.165) is 11.1 Å². The average molecular weight is 342 g/mol. The Morgan fingerprint density at radius 3 is 2.67 bits per heavy atom. The average Bonchev–Trinajstić information content (AvgIpc) is 2.94. The lowest BCUT2D eigenvalue weighted by molar-refractivity contribution is 0.464. The number of rotatable bonds is 4. The van der Waals surface area contributed by atoms with Gasteiger partial charge in [0.05, 0.1) is 5.25 Å². The van der Waals surface area contributed by atoms with Gasteiger partial charge in [0.1, 0.15) is 5.82 Å². The molecule has 0 aliphatic carbocycles. The summed E-state index contributed by atoms with van der Waals surface area (Å²) < 4.78 is 5.76. The minimum atomic E-state index is -0.161. The van der Waals surface area contributed by atoms with Crippen LogP contribution in [0, 0.1) is 20.8 Å².